The van der Waals surface area contributed by atoms with Crippen molar-refractivity contribution in [3.05, 3.63) is 105 Å². The van der Waals surface area contributed by atoms with Crippen LogP contribution in [0.2, 0.25) is 5.15 Å². The van der Waals surface area contributed by atoms with Gasteiger partial charge in [0.1, 0.15) is 28.3 Å². The van der Waals surface area contributed by atoms with Crippen LogP contribution in [-0.4, -0.2) is 88.5 Å². The van der Waals surface area contributed by atoms with E-state index >= 15 is 8.78 Å². The molecule has 0 radical (unpaired) electrons. The van der Waals surface area contributed by atoms with Gasteiger partial charge in [0.2, 0.25) is 20.0 Å². The summed E-state index contributed by atoms with van der Waals surface area (Å²) in [4.78, 5) is 37.5. The van der Waals surface area contributed by atoms with Crippen molar-refractivity contribution in [2.24, 2.45) is 10.8 Å². The van der Waals surface area contributed by atoms with Gasteiger partial charge < -0.3 is 19.3 Å². The number of aromatic nitrogens is 2. The number of halogens is 9. The molecule has 73 heavy (non-hydrogen) atoms. The van der Waals surface area contributed by atoms with Gasteiger partial charge in [0, 0.05) is 67.2 Å². The molecule has 2 aromatic heterocycles. The summed E-state index contributed by atoms with van der Waals surface area (Å²) in [7, 11) is -8.35. The zero-order valence-corrected chi connectivity index (χ0v) is 41.4. The summed E-state index contributed by atoms with van der Waals surface area (Å²) in [5.74, 6) is -6.98. The number of nitrogens with zero attached hydrogens (tertiary/aromatic N) is 4. The highest BCUT2D eigenvalue weighted by molar-refractivity contribution is 7.91. The van der Waals surface area contributed by atoms with Crippen molar-refractivity contribution in [1.82, 2.24) is 19.4 Å². The Bertz CT molecular complexity index is 3160. The fraction of sp³-hybridized carbons (Fsp3) is 0.500. The lowest BCUT2D eigenvalue weighted by Gasteiger charge is -2.49. The van der Waals surface area contributed by atoms with Crippen LogP contribution in [0.1, 0.15) is 125 Å². The van der Waals surface area contributed by atoms with E-state index in [4.69, 9.17) is 21.1 Å². The molecule has 2 unspecified atom stereocenters. The molecule has 2 amide bonds. The van der Waals surface area contributed by atoms with Crippen molar-refractivity contribution >= 4 is 54.8 Å². The second-order valence-corrected chi connectivity index (χ2v) is 25.1. The number of pyridine rings is 2. The van der Waals surface area contributed by atoms with Gasteiger partial charge in [-0.05, 0) is 98.1 Å². The minimum atomic E-state index is -4.75. The molecule has 2 saturated heterocycles. The summed E-state index contributed by atoms with van der Waals surface area (Å²) < 4.78 is 186. The Hall–Kier alpha value is -5.49. The van der Waals surface area contributed by atoms with Crippen molar-refractivity contribution < 1.29 is 71.0 Å². The summed E-state index contributed by atoms with van der Waals surface area (Å²) in [6.45, 7) is 3.36. The van der Waals surface area contributed by atoms with Crippen LogP contribution in [0.25, 0.3) is 0 Å². The standard InChI is InChI=1S/C48H47ClF8N6O8S2/c1-45(18-62(19-45)36-9-10-58-16-33(36)47(52,53)54)22-70-38-14-35(50)31(43(64)60-72(66,67)25-5-6-25)13-29(38)28-12-30(28)40-41(51)32(44(65)61-73(68,69)26-7-8-26)11-27(24-3-4-24)42(40)71-23-46(2)20-63(21-46)37-15-39(49)59-17-34(37)48(55,56)57/h9-11,13-17,24-26,28,30H,3-8,12,18-23H2,1-2H3,(H,60,64)(H,61,65). The van der Waals surface area contributed by atoms with Crippen LogP contribution in [0.3, 0.4) is 0 Å². The van der Waals surface area contributed by atoms with Gasteiger partial charge in [0.25, 0.3) is 11.8 Å². The molecule has 2 aliphatic heterocycles. The Kier molecular flexibility index (Phi) is 12.5. The zero-order valence-electron chi connectivity index (χ0n) is 39.0. The zero-order chi connectivity index (χ0) is 52.4. The maximum Gasteiger partial charge on any atom is 0.419 e. The first-order valence-corrected chi connectivity index (χ1v) is 26.9. The third kappa shape index (κ3) is 10.4. The normalized spacial score (nSPS) is 21.5. The molecule has 2 atom stereocenters. The molecular formula is C48H47ClF8N6O8S2. The molecule has 0 bridgehead atoms. The van der Waals surface area contributed by atoms with Gasteiger partial charge in [0.15, 0.2) is 0 Å². The number of amides is 2. The smallest absolute Gasteiger partial charge is 0.419 e. The Morgan fingerprint density at radius 3 is 1.82 bits per heavy atom. The fourth-order valence-corrected chi connectivity index (χ4v) is 12.6. The van der Waals surface area contributed by atoms with E-state index in [1.807, 2.05) is 9.44 Å². The maximum atomic E-state index is 17.5. The number of hydrogen-bond donors (Lipinski definition) is 2. The Morgan fingerprint density at radius 1 is 0.726 bits per heavy atom. The van der Waals surface area contributed by atoms with E-state index < -0.39 is 111 Å². The van der Waals surface area contributed by atoms with Gasteiger partial charge in [-0.1, -0.05) is 25.4 Å². The van der Waals surface area contributed by atoms with E-state index in [9.17, 15) is 52.8 Å². The lowest BCUT2D eigenvalue weighted by molar-refractivity contribution is -0.138. The van der Waals surface area contributed by atoms with Crippen molar-refractivity contribution in [2.75, 3.05) is 49.2 Å². The molecule has 10 rings (SSSR count). The van der Waals surface area contributed by atoms with Crippen molar-refractivity contribution in [3.8, 4) is 11.5 Å². The number of ether oxygens (including phenoxy) is 2. The highest BCUT2D eigenvalue weighted by Gasteiger charge is 2.51. The van der Waals surface area contributed by atoms with Crippen molar-refractivity contribution in [2.45, 2.75) is 99.4 Å². The molecule has 6 fully saturated rings. The monoisotopic (exact) mass is 1090 g/mol. The van der Waals surface area contributed by atoms with Crippen LogP contribution < -0.4 is 28.7 Å². The van der Waals surface area contributed by atoms with Crippen molar-refractivity contribution in [1.29, 1.82) is 0 Å². The molecule has 14 nitrogen and oxygen atoms in total. The van der Waals surface area contributed by atoms with Crippen molar-refractivity contribution in [3.63, 3.8) is 0 Å². The van der Waals surface area contributed by atoms with E-state index in [0.29, 0.717) is 50.3 Å². The molecule has 4 heterocycles. The summed E-state index contributed by atoms with van der Waals surface area (Å²) in [5.41, 5.74) is -4.81. The summed E-state index contributed by atoms with van der Waals surface area (Å²) in [6, 6.07) is 5.56. The first kappa shape index (κ1) is 51.0. The van der Waals surface area contributed by atoms with E-state index in [1.54, 1.807) is 13.8 Å². The van der Waals surface area contributed by atoms with Gasteiger partial charge in [-0.25, -0.2) is 40.0 Å². The van der Waals surface area contributed by atoms with Crippen LogP contribution in [0.5, 0.6) is 11.5 Å². The minimum Gasteiger partial charge on any atom is -0.492 e. The number of sulfonamides is 2. The summed E-state index contributed by atoms with van der Waals surface area (Å²) >= 11 is 6.01. The molecule has 392 valence electrons. The largest absolute Gasteiger partial charge is 0.492 e. The second-order valence-electron chi connectivity index (χ2n) is 20.8. The van der Waals surface area contributed by atoms with E-state index in [2.05, 4.69) is 9.97 Å². The molecule has 2 N–H and O–H groups in total. The quantitative estimate of drug-likeness (QED) is 0.0760. The molecule has 6 aliphatic rings. The molecule has 0 spiro atoms. The van der Waals surface area contributed by atoms with E-state index in [-0.39, 0.29) is 90.9 Å². The van der Waals surface area contributed by atoms with Crippen LogP contribution in [0.4, 0.5) is 46.5 Å². The van der Waals surface area contributed by atoms with Crippen LogP contribution in [-0.2, 0) is 32.4 Å². The Morgan fingerprint density at radius 2 is 1.26 bits per heavy atom. The van der Waals surface area contributed by atoms with Gasteiger partial charge in [-0.3, -0.25) is 14.6 Å². The highest BCUT2D eigenvalue weighted by atomic mass is 35.5. The van der Waals surface area contributed by atoms with Crippen LogP contribution in [0.15, 0.2) is 48.9 Å². The average molecular weight is 1090 g/mol. The molecular weight excluding hydrogens is 1040 g/mol. The number of nitrogens with one attached hydrogen (secondary N) is 2. The molecule has 2 aromatic carbocycles. The number of carbonyl (C=O) groups is 2. The number of anilines is 2. The number of rotatable bonds is 17. The molecule has 4 saturated carbocycles. The summed E-state index contributed by atoms with van der Waals surface area (Å²) in [6.07, 6.45) is -4.44. The Labute approximate surface area is 419 Å². The predicted molar refractivity (Wildman–Crippen MR) is 249 cm³/mol. The third-order valence-electron chi connectivity index (χ3n) is 14.2. The van der Waals surface area contributed by atoms with E-state index in [1.165, 1.54) is 28.1 Å². The fourth-order valence-electron chi connectivity index (χ4n) is 9.90. The topological polar surface area (TPSA) is 177 Å². The number of carbonyl (C=O) groups excluding carboxylic acids is 2. The van der Waals surface area contributed by atoms with Crippen LogP contribution >= 0.6 is 11.6 Å². The summed E-state index contributed by atoms with van der Waals surface area (Å²) in [5, 5.41) is -1.84. The highest BCUT2D eigenvalue weighted by Crippen LogP contribution is 2.62. The maximum absolute atomic E-state index is 17.5. The molecule has 4 aromatic rings. The second kappa shape index (κ2) is 17.8. The van der Waals surface area contributed by atoms with E-state index in [0.717, 1.165) is 24.4 Å². The van der Waals surface area contributed by atoms with Gasteiger partial charge >= 0.3 is 12.4 Å². The first-order valence-electron chi connectivity index (χ1n) is 23.4. The average Bonchev–Trinajstić information content (AvgIpc) is 4.07. The number of benzene rings is 2. The number of alkyl halides is 6. The molecule has 25 heteroatoms. The minimum absolute atomic E-state index is 0.0196. The van der Waals surface area contributed by atoms with Crippen LogP contribution in [0, 0.1) is 22.5 Å². The molecule has 4 aliphatic carbocycles. The van der Waals surface area contributed by atoms with Gasteiger partial charge in [0.05, 0.1) is 57.3 Å². The van der Waals surface area contributed by atoms with Gasteiger partial charge in [-0.2, -0.15) is 26.3 Å². The SMILES string of the molecule is CC1(COc2cc(F)c(C(=O)NS(=O)(=O)C3CC3)cc2C2CC2c2c(F)c(C(=O)NS(=O)(=O)C3CC3)cc(C3CC3)c2OCC2(C)CN(c3cc(Cl)ncc3C(F)(F)F)C2)CN(c2ccncc2C(F)(F)F)C1. The first-order chi connectivity index (χ1) is 34.1. The number of hydrogen-bond acceptors (Lipinski definition) is 12. The van der Waals surface area contributed by atoms with Gasteiger partial charge in [-0.15, -0.1) is 0 Å². The lowest BCUT2D eigenvalue weighted by Crippen LogP contribution is -2.58. The Balaban J connectivity index is 0.986. The predicted octanol–water partition coefficient (Wildman–Crippen LogP) is 8.85. The lowest BCUT2D eigenvalue weighted by atomic mass is 9.82. The third-order valence-corrected chi connectivity index (χ3v) is 18.1.